The average molecular weight is 514 g/mol. The highest BCUT2D eigenvalue weighted by molar-refractivity contribution is 7.22. The van der Waals surface area contributed by atoms with Gasteiger partial charge in [0.1, 0.15) is 11.3 Å². The van der Waals surface area contributed by atoms with Crippen LogP contribution in [0.1, 0.15) is 36.7 Å². The quantitative estimate of drug-likeness (QED) is 0.259. The van der Waals surface area contributed by atoms with E-state index in [2.05, 4.69) is 9.97 Å². The molecule has 10 heteroatoms. The van der Waals surface area contributed by atoms with Crippen LogP contribution in [0.2, 0.25) is 0 Å². The molecule has 2 aromatic heterocycles. The highest BCUT2D eigenvalue weighted by Crippen LogP contribution is 2.40. The number of carbonyl (C=O) groups excluding carboxylic acids is 1. The Morgan fingerprint density at radius 1 is 1.00 bits per heavy atom. The third kappa shape index (κ3) is 5.38. The molecule has 188 valence electrons. The molecule has 2 aromatic carbocycles. The van der Waals surface area contributed by atoms with Crippen LogP contribution in [0.25, 0.3) is 10.2 Å². The topological polar surface area (TPSA) is 73.8 Å². The molecule has 0 aliphatic rings. The smallest absolute Gasteiger partial charge is 0.260 e. The van der Waals surface area contributed by atoms with E-state index in [-0.39, 0.29) is 22.8 Å². The summed E-state index contributed by atoms with van der Waals surface area (Å²) in [5.41, 5.74) is 0.995. The van der Waals surface area contributed by atoms with Gasteiger partial charge in [0, 0.05) is 24.0 Å². The second-order valence-corrected chi connectivity index (χ2v) is 8.59. The third-order valence-corrected chi connectivity index (χ3v) is 6.12. The highest BCUT2D eigenvalue weighted by atomic mass is 32.1. The molecule has 0 bridgehead atoms. The fourth-order valence-corrected chi connectivity index (χ4v) is 4.63. The van der Waals surface area contributed by atoms with Crippen LogP contribution in [0.15, 0.2) is 48.8 Å². The number of pyridine rings is 1. The molecule has 0 N–H and O–H groups in total. The Morgan fingerprint density at radius 2 is 1.69 bits per heavy atom. The molecule has 0 unspecified atom stereocenters. The summed E-state index contributed by atoms with van der Waals surface area (Å²) in [6.07, 6.45) is 3.25. The Labute approximate surface area is 211 Å². The molecule has 4 rings (SSSR count). The van der Waals surface area contributed by atoms with Crippen LogP contribution in [0, 0.1) is 11.6 Å². The molecule has 0 spiro atoms. The van der Waals surface area contributed by atoms with Crippen LogP contribution < -0.4 is 19.1 Å². The number of carbonyl (C=O) groups is 1. The lowest BCUT2D eigenvalue weighted by Gasteiger charge is -2.22. The first-order chi connectivity index (χ1) is 17.4. The van der Waals surface area contributed by atoms with Crippen molar-refractivity contribution in [2.45, 2.75) is 27.3 Å². The van der Waals surface area contributed by atoms with Gasteiger partial charge >= 0.3 is 0 Å². The lowest BCUT2D eigenvalue weighted by molar-refractivity contribution is 0.0984. The molecule has 7 nitrogen and oxygen atoms in total. The molecule has 0 atom stereocenters. The molecule has 4 aromatic rings. The molecule has 0 aliphatic heterocycles. The van der Waals surface area contributed by atoms with Crippen molar-refractivity contribution in [1.29, 1.82) is 0 Å². The molecule has 0 radical (unpaired) electrons. The molecular formula is C26H25F2N3O4S. The van der Waals surface area contributed by atoms with E-state index in [4.69, 9.17) is 14.2 Å². The lowest BCUT2D eigenvalue weighted by Crippen LogP contribution is -2.30. The zero-order valence-electron chi connectivity index (χ0n) is 20.1. The van der Waals surface area contributed by atoms with E-state index in [1.807, 2.05) is 26.8 Å². The number of rotatable bonds is 10. The summed E-state index contributed by atoms with van der Waals surface area (Å²) in [5.74, 6) is -0.785. The van der Waals surface area contributed by atoms with Gasteiger partial charge in [0.25, 0.3) is 5.91 Å². The second kappa shape index (κ2) is 11.3. The minimum atomic E-state index is -0.792. The first-order valence-corrected chi connectivity index (χ1v) is 12.3. The summed E-state index contributed by atoms with van der Waals surface area (Å²) >= 11 is 1.02. The lowest BCUT2D eigenvalue weighted by atomic mass is 10.1. The standard InChI is InChI=1S/C26H25F2N3O4S/c1-4-33-20-10-17(11-21(34-5-2)24(20)35-6-3)25(32)31(15-16-8-7-9-29-14-16)26-30-23-19(28)12-18(27)13-22(23)36-26/h7-14H,4-6,15H2,1-3H3. The molecule has 0 saturated heterocycles. The van der Waals surface area contributed by atoms with E-state index in [0.29, 0.717) is 41.8 Å². The normalized spacial score (nSPS) is 10.9. The monoisotopic (exact) mass is 513 g/mol. The number of thiazole rings is 1. The van der Waals surface area contributed by atoms with Crippen molar-refractivity contribution in [2.75, 3.05) is 24.7 Å². The Hall–Kier alpha value is -3.79. The predicted molar refractivity (Wildman–Crippen MR) is 134 cm³/mol. The Kier molecular flexibility index (Phi) is 7.94. The number of aromatic nitrogens is 2. The number of nitrogens with zero attached hydrogens (tertiary/aromatic N) is 3. The summed E-state index contributed by atoms with van der Waals surface area (Å²) in [5, 5.41) is 0.216. The number of benzene rings is 2. The minimum absolute atomic E-state index is 0.00269. The number of hydrogen-bond donors (Lipinski definition) is 0. The predicted octanol–water partition coefficient (Wildman–Crippen LogP) is 6.01. The van der Waals surface area contributed by atoms with E-state index in [0.717, 1.165) is 23.0 Å². The Balaban J connectivity index is 1.83. The van der Waals surface area contributed by atoms with Crippen molar-refractivity contribution in [2.24, 2.45) is 0 Å². The second-order valence-electron chi connectivity index (χ2n) is 7.58. The van der Waals surface area contributed by atoms with E-state index in [1.165, 1.54) is 11.0 Å². The van der Waals surface area contributed by atoms with E-state index in [1.54, 1.807) is 30.6 Å². The maximum Gasteiger partial charge on any atom is 0.260 e. The van der Waals surface area contributed by atoms with Gasteiger partial charge in [0.15, 0.2) is 22.4 Å². The van der Waals surface area contributed by atoms with Crippen molar-refractivity contribution in [1.82, 2.24) is 9.97 Å². The number of fused-ring (bicyclic) bond motifs is 1. The summed E-state index contributed by atoms with van der Waals surface area (Å²) in [7, 11) is 0. The van der Waals surface area contributed by atoms with Crippen molar-refractivity contribution >= 4 is 32.6 Å². The van der Waals surface area contributed by atoms with Gasteiger partial charge in [-0.2, -0.15) is 0 Å². The fourth-order valence-electron chi connectivity index (χ4n) is 3.63. The Bertz CT molecular complexity index is 1340. The van der Waals surface area contributed by atoms with Gasteiger partial charge in [-0.15, -0.1) is 0 Å². The van der Waals surface area contributed by atoms with Crippen LogP contribution in [0.3, 0.4) is 0 Å². The number of hydrogen-bond acceptors (Lipinski definition) is 7. The average Bonchev–Trinajstić information content (AvgIpc) is 3.29. The molecule has 0 fully saturated rings. The third-order valence-electron chi connectivity index (χ3n) is 5.10. The molecule has 1 amide bonds. The van der Waals surface area contributed by atoms with Crippen molar-refractivity contribution in [3.8, 4) is 17.2 Å². The summed E-state index contributed by atoms with van der Waals surface area (Å²) in [6, 6.07) is 8.71. The van der Waals surface area contributed by atoms with Crippen LogP contribution >= 0.6 is 11.3 Å². The van der Waals surface area contributed by atoms with E-state index >= 15 is 0 Å². The molecule has 0 saturated carbocycles. The van der Waals surface area contributed by atoms with E-state index < -0.39 is 17.5 Å². The van der Waals surface area contributed by atoms with Crippen LogP contribution in [0.5, 0.6) is 17.2 Å². The number of anilines is 1. The number of halogens is 2. The summed E-state index contributed by atoms with van der Waals surface area (Å²) < 4.78 is 45.8. The SMILES string of the molecule is CCOc1cc(C(=O)N(Cc2cccnc2)c2nc3c(F)cc(F)cc3s2)cc(OCC)c1OCC. The van der Waals surface area contributed by atoms with Gasteiger partial charge in [-0.05, 0) is 50.6 Å². The Morgan fingerprint density at radius 3 is 2.31 bits per heavy atom. The highest BCUT2D eigenvalue weighted by Gasteiger charge is 2.26. The fraction of sp³-hybridized carbons (Fsp3) is 0.269. The van der Waals surface area contributed by atoms with Gasteiger partial charge in [0.05, 0.1) is 31.1 Å². The van der Waals surface area contributed by atoms with Crippen molar-refractivity contribution in [3.05, 3.63) is 71.6 Å². The van der Waals surface area contributed by atoms with Crippen molar-refractivity contribution < 1.29 is 27.8 Å². The number of amides is 1. The zero-order chi connectivity index (χ0) is 25.7. The van der Waals surface area contributed by atoms with Crippen LogP contribution in [-0.4, -0.2) is 35.7 Å². The maximum atomic E-state index is 14.4. The first-order valence-electron chi connectivity index (χ1n) is 11.5. The molecular weight excluding hydrogens is 488 g/mol. The van der Waals surface area contributed by atoms with Gasteiger partial charge < -0.3 is 14.2 Å². The summed E-state index contributed by atoms with van der Waals surface area (Å²) in [6.45, 7) is 6.69. The van der Waals surface area contributed by atoms with Crippen LogP contribution in [0.4, 0.5) is 13.9 Å². The minimum Gasteiger partial charge on any atom is -0.490 e. The van der Waals surface area contributed by atoms with Gasteiger partial charge in [0.2, 0.25) is 5.75 Å². The van der Waals surface area contributed by atoms with Crippen molar-refractivity contribution in [3.63, 3.8) is 0 Å². The zero-order valence-corrected chi connectivity index (χ0v) is 20.9. The molecule has 0 aliphatic carbocycles. The van der Waals surface area contributed by atoms with Gasteiger partial charge in [-0.3, -0.25) is 14.7 Å². The summed E-state index contributed by atoms with van der Waals surface area (Å²) in [4.78, 5) is 23.8. The molecule has 36 heavy (non-hydrogen) atoms. The maximum absolute atomic E-state index is 14.4. The van der Waals surface area contributed by atoms with E-state index in [9.17, 15) is 13.6 Å². The van der Waals surface area contributed by atoms with Crippen LogP contribution in [-0.2, 0) is 6.54 Å². The number of ether oxygens (including phenoxy) is 3. The van der Waals surface area contributed by atoms with Gasteiger partial charge in [-0.25, -0.2) is 13.8 Å². The molecule has 2 heterocycles. The first kappa shape index (κ1) is 25.3. The van der Waals surface area contributed by atoms with Gasteiger partial charge in [-0.1, -0.05) is 17.4 Å². The largest absolute Gasteiger partial charge is 0.490 e.